The largest absolute Gasteiger partial charge is 0.338 e. The van der Waals surface area contributed by atoms with E-state index in [1.54, 1.807) is 12.1 Å². The van der Waals surface area contributed by atoms with Crippen LogP contribution in [0, 0.1) is 18.3 Å². The number of nitrogens with zero attached hydrogens (tertiary/aromatic N) is 1. The number of nitrogens with one attached hydrogen (secondary N) is 2. The van der Waals surface area contributed by atoms with E-state index in [4.69, 9.17) is 5.26 Å². The summed E-state index contributed by atoms with van der Waals surface area (Å²) in [6, 6.07) is 7.14. The van der Waals surface area contributed by atoms with E-state index in [0.29, 0.717) is 17.8 Å². The first kappa shape index (κ1) is 13.0. The molecule has 17 heavy (non-hydrogen) atoms. The van der Waals surface area contributed by atoms with Gasteiger partial charge < -0.3 is 10.6 Å². The second kappa shape index (κ2) is 6.54. The van der Waals surface area contributed by atoms with Crippen LogP contribution in [0.25, 0.3) is 0 Å². The maximum atomic E-state index is 11.5. The highest BCUT2D eigenvalue weighted by molar-refractivity contribution is 5.89. The summed E-state index contributed by atoms with van der Waals surface area (Å²) in [4.78, 5) is 11.5. The van der Waals surface area contributed by atoms with Crippen molar-refractivity contribution in [2.75, 3.05) is 11.9 Å². The van der Waals surface area contributed by atoms with Crippen molar-refractivity contribution in [2.24, 2.45) is 0 Å². The lowest BCUT2D eigenvalue weighted by Gasteiger charge is -2.08. The predicted molar refractivity (Wildman–Crippen MR) is 67.8 cm³/mol. The molecule has 0 fully saturated rings. The number of amides is 2. The Balaban J connectivity index is 2.57. The highest BCUT2D eigenvalue weighted by Crippen LogP contribution is 2.14. The fourth-order valence-corrected chi connectivity index (χ4v) is 1.37. The van der Waals surface area contributed by atoms with Gasteiger partial charge in [0.15, 0.2) is 0 Å². The fourth-order valence-electron chi connectivity index (χ4n) is 1.37. The van der Waals surface area contributed by atoms with Gasteiger partial charge in [0.05, 0.1) is 11.6 Å². The van der Waals surface area contributed by atoms with Crippen molar-refractivity contribution in [3.63, 3.8) is 0 Å². The molecule has 0 aliphatic carbocycles. The molecule has 2 N–H and O–H groups in total. The lowest BCUT2D eigenvalue weighted by Crippen LogP contribution is -2.29. The molecule has 1 rings (SSSR count). The van der Waals surface area contributed by atoms with Crippen LogP contribution in [0.15, 0.2) is 18.2 Å². The lowest BCUT2D eigenvalue weighted by molar-refractivity contribution is 0.252. The Kier molecular flexibility index (Phi) is 5.02. The van der Waals surface area contributed by atoms with Gasteiger partial charge in [0.25, 0.3) is 0 Å². The smallest absolute Gasteiger partial charge is 0.319 e. The summed E-state index contributed by atoms with van der Waals surface area (Å²) in [5.41, 5.74) is 2.13. The van der Waals surface area contributed by atoms with Gasteiger partial charge in [-0.15, -0.1) is 0 Å². The zero-order valence-corrected chi connectivity index (χ0v) is 10.2. The lowest BCUT2D eigenvalue weighted by atomic mass is 10.1. The molecular formula is C13H17N3O. The summed E-state index contributed by atoms with van der Waals surface area (Å²) in [6.07, 6.45) is 2.01. The van der Waals surface area contributed by atoms with Gasteiger partial charge in [0.1, 0.15) is 0 Å². The highest BCUT2D eigenvalue weighted by Gasteiger charge is 2.03. The summed E-state index contributed by atoms with van der Waals surface area (Å²) in [6.45, 7) is 4.60. The maximum absolute atomic E-state index is 11.5. The van der Waals surface area contributed by atoms with Gasteiger partial charge in [-0.2, -0.15) is 5.26 Å². The molecule has 0 bridgehead atoms. The van der Waals surface area contributed by atoms with E-state index >= 15 is 0 Å². The first-order valence-corrected chi connectivity index (χ1v) is 5.73. The molecule has 0 aromatic heterocycles. The van der Waals surface area contributed by atoms with Crippen LogP contribution in [-0.2, 0) is 0 Å². The van der Waals surface area contributed by atoms with E-state index in [0.717, 1.165) is 18.4 Å². The number of carbonyl (C=O) groups excluding carboxylic acids is 1. The summed E-state index contributed by atoms with van der Waals surface area (Å²) in [5, 5.41) is 14.3. The van der Waals surface area contributed by atoms with Crippen LogP contribution in [0.2, 0.25) is 0 Å². The van der Waals surface area contributed by atoms with Crippen molar-refractivity contribution < 1.29 is 4.79 Å². The maximum Gasteiger partial charge on any atom is 0.319 e. The average molecular weight is 231 g/mol. The Morgan fingerprint density at radius 2 is 2.24 bits per heavy atom. The van der Waals surface area contributed by atoms with E-state index in [-0.39, 0.29) is 6.03 Å². The van der Waals surface area contributed by atoms with E-state index in [2.05, 4.69) is 23.6 Å². The first-order valence-electron chi connectivity index (χ1n) is 5.73. The van der Waals surface area contributed by atoms with Crippen LogP contribution >= 0.6 is 0 Å². The molecule has 0 aliphatic heterocycles. The van der Waals surface area contributed by atoms with Crippen molar-refractivity contribution in [1.82, 2.24) is 5.32 Å². The van der Waals surface area contributed by atoms with Crippen LogP contribution in [0.3, 0.4) is 0 Å². The molecule has 0 spiro atoms. The number of nitriles is 1. The second-order valence-corrected chi connectivity index (χ2v) is 3.88. The molecule has 0 atom stereocenters. The Bertz CT molecular complexity index is 435. The molecule has 0 radical (unpaired) electrons. The van der Waals surface area contributed by atoms with Crippen molar-refractivity contribution in [2.45, 2.75) is 26.7 Å². The van der Waals surface area contributed by atoms with Gasteiger partial charge in [-0.25, -0.2) is 4.79 Å². The number of anilines is 1. The average Bonchev–Trinajstić information content (AvgIpc) is 2.32. The first-order chi connectivity index (χ1) is 8.17. The second-order valence-electron chi connectivity index (χ2n) is 3.88. The number of carbonyl (C=O) groups is 1. The molecule has 0 saturated heterocycles. The standard InChI is InChI=1S/C13H17N3O/c1-3-4-7-15-13(17)16-12-6-5-10(2)11(8-12)9-14/h5-6,8H,3-4,7H2,1-2H3,(H2,15,16,17). The number of urea groups is 1. The Morgan fingerprint density at radius 3 is 2.88 bits per heavy atom. The summed E-state index contributed by atoms with van der Waals surface area (Å²) in [7, 11) is 0. The molecule has 0 saturated carbocycles. The minimum Gasteiger partial charge on any atom is -0.338 e. The van der Waals surface area contributed by atoms with Crippen molar-refractivity contribution in [1.29, 1.82) is 5.26 Å². The monoisotopic (exact) mass is 231 g/mol. The minimum absolute atomic E-state index is 0.230. The van der Waals surface area contributed by atoms with Gasteiger partial charge in [0.2, 0.25) is 0 Å². The molecule has 90 valence electrons. The van der Waals surface area contributed by atoms with Crippen LogP contribution in [0.5, 0.6) is 0 Å². The molecule has 0 unspecified atom stereocenters. The van der Waals surface area contributed by atoms with Crippen molar-refractivity contribution in [3.05, 3.63) is 29.3 Å². The molecule has 1 aromatic rings. The molecule has 2 amide bonds. The molecule has 0 heterocycles. The molecule has 4 nitrogen and oxygen atoms in total. The van der Waals surface area contributed by atoms with Gasteiger partial charge in [-0.1, -0.05) is 19.4 Å². The topological polar surface area (TPSA) is 64.9 Å². The fraction of sp³-hybridized carbons (Fsp3) is 0.385. The van der Waals surface area contributed by atoms with E-state index in [9.17, 15) is 4.79 Å². The van der Waals surface area contributed by atoms with Crippen LogP contribution < -0.4 is 10.6 Å². The van der Waals surface area contributed by atoms with Crippen LogP contribution in [-0.4, -0.2) is 12.6 Å². The minimum atomic E-state index is -0.230. The third kappa shape index (κ3) is 4.15. The Labute approximate surface area is 102 Å². The predicted octanol–water partition coefficient (Wildman–Crippen LogP) is 2.79. The van der Waals surface area contributed by atoms with Gasteiger partial charge in [0, 0.05) is 12.2 Å². The molecule has 4 heteroatoms. The third-order valence-electron chi connectivity index (χ3n) is 2.43. The van der Waals surface area contributed by atoms with Crippen LogP contribution in [0.1, 0.15) is 30.9 Å². The summed E-state index contributed by atoms with van der Waals surface area (Å²) < 4.78 is 0. The van der Waals surface area contributed by atoms with Gasteiger partial charge in [-0.05, 0) is 31.0 Å². The zero-order chi connectivity index (χ0) is 12.7. The quantitative estimate of drug-likeness (QED) is 0.782. The van der Waals surface area contributed by atoms with Gasteiger partial charge in [-0.3, -0.25) is 0 Å². The summed E-state index contributed by atoms with van der Waals surface area (Å²) >= 11 is 0. The number of hydrogen-bond donors (Lipinski definition) is 2. The molecule has 0 aliphatic rings. The SMILES string of the molecule is CCCCNC(=O)Nc1ccc(C)c(C#N)c1. The highest BCUT2D eigenvalue weighted by atomic mass is 16.2. The van der Waals surface area contributed by atoms with Crippen molar-refractivity contribution in [3.8, 4) is 6.07 Å². The normalized spacial score (nSPS) is 9.47. The number of aryl methyl sites for hydroxylation is 1. The number of benzene rings is 1. The summed E-state index contributed by atoms with van der Waals surface area (Å²) in [5.74, 6) is 0. The Hall–Kier alpha value is -2.02. The van der Waals surface area contributed by atoms with E-state index in [1.165, 1.54) is 0 Å². The van der Waals surface area contributed by atoms with Crippen molar-refractivity contribution >= 4 is 11.7 Å². The van der Waals surface area contributed by atoms with Gasteiger partial charge >= 0.3 is 6.03 Å². The van der Waals surface area contributed by atoms with Crippen LogP contribution in [0.4, 0.5) is 10.5 Å². The molecule has 1 aromatic carbocycles. The molecular weight excluding hydrogens is 214 g/mol. The number of rotatable bonds is 4. The van der Waals surface area contributed by atoms with E-state index in [1.807, 2.05) is 13.0 Å². The van der Waals surface area contributed by atoms with E-state index < -0.39 is 0 Å². The number of hydrogen-bond acceptors (Lipinski definition) is 2. The third-order valence-corrected chi connectivity index (χ3v) is 2.43. The number of unbranched alkanes of at least 4 members (excludes halogenated alkanes) is 1. The Morgan fingerprint density at radius 1 is 1.47 bits per heavy atom. The zero-order valence-electron chi connectivity index (χ0n) is 10.2.